The molecule has 0 radical (unpaired) electrons. The van der Waals surface area contributed by atoms with E-state index in [2.05, 4.69) is 26.5 Å². The number of aliphatic hydroxyl groups is 3. The van der Waals surface area contributed by atoms with Gasteiger partial charge in [-0.2, -0.15) is 10.2 Å². The van der Waals surface area contributed by atoms with Crippen molar-refractivity contribution >= 4 is 45.5 Å². The molecule has 2 aliphatic rings. The molecule has 0 spiro atoms. The average molecular weight is 1010 g/mol. The maximum Gasteiger partial charge on any atom is 0.253 e. The number of aromatic nitrogens is 8. The minimum atomic E-state index is -1.42. The van der Waals surface area contributed by atoms with E-state index < -0.39 is 24.2 Å². The van der Waals surface area contributed by atoms with Crippen molar-refractivity contribution in [1.29, 1.82) is 0 Å². The molecule has 3 atom stereocenters. The number of nitrogen functional groups attached to an aromatic ring is 2. The number of fused-ring (bicyclic) bond motifs is 2. The van der Waals surface area contributed by atoms with E-state index in [1.165, 1.54) is 18.7 Å². The number of piperidine rings is 2. The molecule has 19 heteroatoms. The van der Waals surface area contributed by atoms with Gasteiger partial charge < -0.3 is 46.1 Å². The molecule has 3 unspecified atom stereocenters. The van der Waals surface area contributed by atoms with E-state index in [4.69, 9.17) is 41.4 Å². The van der Waals surface area contributed by atoms with Gasteiger partial charge in [0.15, 0.2) is 17.4 Å². The summed E-state index contributed by atoms with van der Waals surface area (Å²) in [4.78, 5) is 45.3. The van der Waals surface area contributed by atoms with E-state index in [0.29, 0.717) is 77.0 Å². The number of para-hydroxylation sites is 2. The molecule has 74 heavy (non-hydrogen) atoms. The number of amides is 2. The van der Waals surface area contributed by atoms with Crippen LogP contribution in [0.2, 0.25) is 0 Å². The van der Waals surface area contributed by atoms with Gasteiger partial charge in [0, 0.05) is 37.3 Å². The number of nitrogens with two attached hydrogens (primary N) is 2. The van der Waals surface area contributed by atoms with Crippen molar-refractivity contribution in [2.24, 2.45) is 0 Å². The minimum absolute atomic E-state index is 0. The maximum absolute atomic E-state index is 12.4. The van der Waals surface area contributed by atoms with Crippen LogP contribution in [0.25, 0.3) is 44.6 Å². The first-order valence-corrected chi connectivity index (χ1v) is 24.0. The summed E-state index contributed by atoms with van der Waals surface area (Å²) < 4.78 is 15.5. The van der Waals surface area contributed by atoms with Crippen molar-refractivity contribution < 1.29 is 34.4 Å². The third-order valence-corrected chi connectivity index (χ3v) is 12.0. The van der Waals surface area contributed by atoms with Crippen molar-refractivity contribution in [2.45, 2.75) is 77.7 Å². The van der Waals surface area contributed by atoms with E-state index in [1.807, 2.05) is 114 Å². The van der Waals surface area contributed by atoms with Crippen LogP contribution in [0.4, 0.5) is 11.6 Å². The Labute approximate surface area is 429 Å². The van der Waals surface area contributed by atoms with Gasteiger partial charge in [0.1, 0.15) is 58.7 Å². The van der Waals surface area contributed by atoms with Gasteiger partial charge in [0.05, 0.1) is 35.1 Å². The molecule has 7 N–H and O–H groups in total. The largest absolute Gasteiger partial charge is 0.457 e. The number of carbonyl (C=O) groups excluding carboxylic acids is 2. The summed E-state index contributed by atoms with van der Waals surface area (Å²) in [6.07, 6.45) is 6.07. The summed E-state index contributed by atoms with van der Waals surface area (Å²) in [5.74, 6) is 3.07. The Balaban J connectivity index is 0.000000196. The lowest BCUT2D eigenvalue weighted by atomic mass is 10.1. The molecule has 0 bridgehead atoms. The number of nitrogens with zero attached hydrogens (tertiary/aromatic N) is 10. The molecule has 2 fully saturated rings. The molecule has 10 rings (SSSR count). The van der Waals surface area contributed by atoms with Gasteiger partial charge >= 0.3 is 0 Å². The van der Waals surface area contributed by atoms with Gasteiger partial charge in [-0.25, -0.2) is 29.3 Å². The summed E-state index contributed by atoms with van der Waals surface area (Å²) in [6.45, 7) is 10.4. The summed E-state index contributed by atoms with van der Waals surface area (Å²) in [5, 5.41) is 38.6. The monoisotopic (exact) mass is 1000 g/mol. The highest BCUT2D eigenvalue weighted by molar-refractivity contribution is 5.99. The molecule has 8 aromatic rings. The van der Waals surface area contributed by atoms with E-state index in [1.54, 1.807) is 35.3 Å². The second-order valence-electron chi connectivity index (χ2n) is 18.6. The van der Waals surface area contributed by atoms with Crippen LogP contribution in [-0.2, 0) is 9.59 Å². The number of ether oxygens (including phenoxy) is 2. The molecule has 4 aromatic heterocycles. The van der Waals surface area contributed by atoms with Crippen LogP contribution in [0, 0.1) is 0 Å². The van der Waals surface area contributed by atoms with Crippen LogP contribution >= 0.6 is 0 Å². The van der Waals surface area contributed by atoms with Crippen molar-refractivity contribution in [3.63, 3.8) is 0 Å². The number of likely N-dealkylation sites (tertiary alicyclic amines) is 2. The van der Waals surface area contributed by atoms with Crippen molar-refractivity contribution in [2.75, 3.05) is 44.3 Å². The molecule has 2 amide bonds. The summed E-state index contributed by atoms with van der Waals surface area (Å²) >= 11 is 0. The lowest BCUT2D eigenvalue weighted by Gasteiger charge is -2.33. The first kappa shape index (κ1) is 53.5. The molecular weight excluding hydrogens is 941 g/mol. The number of carbonyl (C=O) groups is 2. The molecule has 4 aromatic carbocycles. The van der Waals surface area contributed by atoms with Crippen molar-refractivity contribution in [3.05, 3.63) is 135 Å². The zero-order chi connectivity index (χ0) is 51.6. The second-order valence-corrected chi connectivity index (χ2v) is 18.6. The Bertz CT molecular complexity index is 3140. The van der Waals surface area contributed by atoms with Gasteiger partial charge in [-0.15, -0.1) is 0 Å². The van der Waals surface area contributed by atoms with Gasteiger partial charge in [0.25, 0.3) is 5.91 Å². The van der Waals surface area contributed by atoms with Gasteiger partial charge in [-0.3, -0.25) is 9.59 Å². The van der Waals surface area contributed by atoms with Crippen LogP contribution in [0.15, 0.2) is 135 Å². The molecule has 2 aliphatic heterocycles. The molecular formula is C55H64N12O7. The standard InChI is InChI=1S/C25H26N6O4.C25H24N6O2.C4H10O.CH4/c26-23-21-22(16-8-10-19(11-9-16)35-18-6-2-1-3-7-18)29-31(24(21)28-15-27-23)17-5-4-12-30(13-17)25(34)20(33)14-32;1-2-21(32)30-14-6-7-18(15-30)31-25-22(24(26)27-16-28-25)23(29-31)17-10-12-20(13-11-17)33-19-8-4-3-5-9-19;1-4(2,3)5;/h1-3,6-11,15,17,20,32-33H,4-5,12-14H2,(H2,26,27,28);2-5,8-13,16,18H,1,6-7,14-15H2,(H2,26,27,28);5H,1-3H3;1H4. The fourth-order valence-electron chi connectivity index (χ4n) is 8.64. The normalized spacial score (nSPS) is 15.9. The Morgan fingerprint density at radius 3 is 1.47 bits per heavy atom. The average Bonchev–Trinajstić information content (AvgIpc) is 4.00. The van der Waals surface area contributed by atoms with Gasteiger partial charge in [-0.05, 0) is 125 Å². The Kier molecular flexibility index (Phi) is 17.3. The highest BCUT2D eigenvalue weighted by Gasteiger charge is 2.32. The smallest absolute Gasteiger partial charge is 0.253 e. The van der Waals surface area contributed by atoms with E-state index in [9.17, 15) is 14.7 Å². The Morgan fingerprint density at radius 2 is 1.07 bits per heavy atom. The zero-order valence-electron chi connectivity index (χ0n) is 41.0. The quantitative estimate of drug-likeness (QED) is 0.0769. The van der Waals surface area contributed by atoms with Crippen LogP contribution < -0.4 is 20.9 Å². The van der Waals surface area contributed by atoms with E-state index in [0.717, 1.165) is 54.1 Å². The number of benzene rings is 4. The SMILES string of the molecule is C.C=CC(=O)N1CCCC(n2nc(-c3ccc(Oc4ccccc4)cc3)c3c(N)ncnc32)C1.CC(C)(C)O.Nc1ncnc2c1c(-c1ccc(Oc3ccccc3)cc1)nn2C1CCCN(C(=O)C(O)CO)C1. The van der Waals surface area contributed by atoms with Crippen LogP contribution in [0.3, 0.4) is 0 Å². The van der Waals surface area contributed by atoms with Crippen LogP contribution in [0.1, 0.15) is 66.0 Å². The zero-order valence-corrected chi connectivity index (χ0v) is 41.0. The summed E-state index contributed by atoms with van der Waals surface area (Å²) in [5.41, 5.74) is 16.3. The number of hydrogen-bond acceptors (Lipinski definition) is 15. The van der Waals surface area contributed by atoms with Crippen molar-refractivity contribution in [1.82, 2.24) is 49.3 Å². The molecule has 386 valence electrons. The number of hydrogen-bond donors (Lipinski definition) is 5. The fraction of sp³-hybridized carbons (Fsp3) is 0.309. The van der Waals surface area contributed by atoms with Gasteiger partial charge in [-0.1, -0.05) is 50.4 Å². The number of aliphatic hydroxyl groups excluding tert-OH is 2. The molecule has 6 heterocycles. The van der Waals surface area contributed by atoms with Crippen LogP contribution in [-0.4, -0.2) is 121 Å². The topological polar surface area (TPSA) is 259 Å². The lowest BCUT2D eigenvalue weighted by Crippen LogP contribution is -2.46. The number of anilines is 2. The van der Waals surface area contributed by atoms with Crippen molar-refractivity contribution in [3.8, 4) is 45.5 Å². The highest BCUT2D eigenvalue weighted by atomic mass is 16.5. The van der Waals surface area contributed by atoms with Crippen LogP contribution in [0.5, 0.6) is 23.0 Å². The second kappa shape index (κ2) is 24.0. The molecule has 0 aliphatic carbocycles. The lowest BCUT2D eigenvalue weighted by molar-refractivity contribution is -0.143. The predicted octanol–water partition coefficient (Wildman–Crippen LogP) is 8.02. The highest BCUT2D eigenvalue weighted by Crippen LogP contribution is 2.37. The third kappa shape index (κ3) is 12.8. The predicted molar refractivity (Wildman–Crippen MR) is 285 cm³/mol. The van der Waals surface area contributed by atoms with E-state index in [-0.39, 0.29) is 25.4 Å². The van der Waals surface area contributed by atoms with Gasteiger partial charge in [0.2, 0.25) is 5.91 Å². The first-order chi connectivity index (χ1) is 35.2. The molecule has 19 nitrogen and oxygen atoms in total. The minimum Gasteiger partial charge on any atom is -0.457 e. The first-order valence-electron chi connectivity index (χ1n) is 24.0. The van der Waals surface area contributed by atoms with E-state index >= 15 is 0 Å². The maximum atomic E-state index is 12.4. The fourth-order valence-corrected chi connectivity index (χ4v) is 8.64. The summed E-state index contributed by atoms with van der Waals surface area (Å²) in [7, 11) is 0. The third-order valence-electron chi connectivity index (χ3n) is 12.0. The number of rotatable bonds is 11. The molecule has 0 saturated carbocycles. The Hall–Kier alpha value is -8.26. The Morgan fingerprint density at radius 1 is 0.676 bits per heavy atom. The molecule has 2 saturated heterocycles. The summed E-state index contributed by atoms with van der Waals surface area (Å²) in [6, 6.07) is 34.2.